The Morgan fingerprint density at radius 2 is 1.50 bits per heavy atom. The van der Waals surface area contributed by atoms with Crippen molar-refractivity contribution in [3.8, 4) is 0 Å². The zero-order valence-electron chi connectivity index (χ0n) is 11.8. The highest BCUT2D eigenvalue weighted by Crippen LogP contribution is 2.27. The van der Waals surface area contributed by atoms with Crippen LogP contribution >= 0.6 is 0 Å². The van der Waals surface area contributed by atoms with Gasteiger partial charge in [-0.2, -0.15) is 0 Å². The molecule has 0 atom stereocenters. The molecule has 0 unspecified atom stereocenters. The van der Waals surface area contributed by atoms with Crippen molar-refractivity contribution in [2.24, 2.45) is 16.6 Å². The Kier molecular flexibility index (Phi) is 4.57. The van der Waals surface area contributed by atoms with E-state index in [4.69, 9.17) is 10.5 Å². The Morgan fingerprint density at radius 3 is 1.81 bits per heavy atom. The van der Waals surface area contributed by atoms with Gasteiger partial charge in [0.25, 0.3) is 0 Å². The van der Waals surface area contributed by atoms with Gasteiger partial charge in [-0.3, -0.25) is 4.79 Å². The van der Waals surface area contributed by atoms with E-state index >= 15 is 0 Å². The maximum Gasteiger partial charge on any atom is 0.311 e. The zero-order chi connectivity index (χ0) is 13.2. The maximum absolute atomic E-state index is 11.6. The van der Waals surface area contributed by atoms with Gasteiger partial charge in [-0.25, -0.2) is 0 Å². The predicted octanol–water partition coefficient (Wildman–Crippen LogP) is 2.73. The minimum Gasteiger partial charge on any atom is -0.465 e. The molecule has 0 heterocycles. The fourth-order valence-corrected chi connectivity index (χ4v) is 1.76. The van der Waals surface area contributed by atoms with Crippen molar-refractivity contribution >= 4 is 5.97 Å². The van der Waals surface area contributed by atoms with Crippen LogP contribution in [0.2, 0.25) is 0 Å². The maximum atomic E-state index is 11.6. The first kappa shape index (κ1) is 15.4. The predicted molar refractivity (Wildman–Crippen MR) is 67.1 cm³/mol. The second-order valence-electron chi connectivity index (χ2n) is 7.16. The van der Waals surface area contributed by atoms with E-state index in [1.165, 1.54) is 0 Å². The van der Waals surface area contributed by atoms with Crippen LogP contribution in [-0.2, 0) is 9.53 Å². The molecule has 0 saturated heterocycles. The van der Waals surface area contributed by atoms with Gasteiger partial charge >= 0.3 is 5.97 Å². The van der Waals surface area contributed by atoms with E-state index in [0.29, 0.717) is 6.61 Å². The van der Waals surface area contributed by atoms with Crippen LogP contribution in [0, 0.1) is 10.8 Å². The molecule has 96 valence electrons. The van der Waals surface area contributed by atoms with Crippen molar-refractivity contribution in [1.29, 1.82) is 0 Å². The van der Waals surface area contributed by atoms with Gasteiger partial charge in [0.1, 0.15) is 0 Å². The summed E-state index contributed by atoms with van der Waals surface area (Å²) in [5, 5.41) is 0. The van der Waals surface area contributed by atoms with Crippen LogP contribution in [-0.4, -0.2) is 18.1 Å². The monoisotopic (exact) mass is 229 g/mol. The van der Waals surface area contributed by atoms with E-state index in [1.54, 1.807) is 0 Å². The Hall–Kier alpha value is -0.570. The number of rotatable bonds is 4. The highest BCUT2D eigenvalue weighted by molar-refractivity contribution is 5.75. The molecular formula is C13H27NO2. The van der Waals surface area contributed by atoms with Crippen LogP contribution in [0.4, 0.5) is 0 Å². The summed E-state index contributed by atoms with van der Waals surface area (Å²) < 4.78 is 5.32. The summed E-state index contributed by atoms with van der Waals surface area (Å²) in [5.41, 5.74) is 5.21. The van der Waals surface area contributed by atoms with E-state index < -0.39 is 5.41 Å². The highest BCUT2D eigenvalue weighted by Gasteiger charge is 2.30. The van der Waals surface area contributed by atoms with Crippen LogP contribution < -0.4 is 5.73 Å². The van der Waals surface area contributed by atoms with Gasteiger partial charge in [0.05, 0.1) is 12.0 Å². The molecule has 0 aromatic rings. The number of nitrogens with two attached hydrogens (primary N) is 1. The topological polar surface area (TPSA) is 52.3 Å². The quantitative estimate of drug-likeness (QED) is 0.754. The molecule has 0 aromatic heterocycles. The largest absolute Gasteiger partial charge is 0.465 e. The molecule has 0 aromatic carbocycles. The Labute approximate surface area is 99.7 Å². The SMILES string of the molecule is CC(C)(N)CC(C)(C)COC(=O)C(C)(C)C. The number of ether oxygens (including phenoxy) is 1. The van der Waals surface area contributed by atoms with Gasteiger partial charge in [0.15, 0.2) is 0 Å². The second kappa shape index (κ2) is 4.74. The van der Waals surface area contributed by atoms with Crippen molar-refractivity contribution in [1.82, 2.24) is 0 Å². The third-order valence-electron chi connectivity index (χ3n) is 2.14. The average Bonchev–Trinajstić information content (AvgIpc) is 1.93. The van der Waals surface area contributed by atoms with E-state index in [-0.39, 0.29) is 16.9 Å². The molecule has 0 spiro atoms. The van der Waals surface area contributed by atoms with Crippen molar-refractivity contribution in [3.05, 3.63) is 0 Å². The summed E-state index contributed by atoms with van der Waals surface area (Å²) in [7, 11) is 0. The van der Waals surface area contributed by atoms with Crippen LogP contribution in [0.15, 0.2) is 0 Å². The minimum atomic E-state index is -0.436. The van der Waals surface area contributed by atoms with Gasteiger partial charge in [-0.1, -0.05) is 13.8 Å². The Bertz CT molecular complexity index is 244. The molecule has 0 aliphatic heterocycles. The number of hydrogen-bond acceptors (Lipinski definition) is 3. The van der Waals surface area contributed by atoms with Gasteiger partial charge in [-0.15, -0.1) is 0 Å². The normalized spacial score (nSPS) is 13.8. The number of carbonyl (C=O) groups is 1. The molecule has 0 bridgehead atoms. The van der Waals surface area contributed by atoms with E-state index in [0.717, 1.165) is 6.42 Å². The molecule has 0 amide bonds. The molecule has 3 heteroatoms. The summed E-state index contributed by atoms with van der Waals surface area (Å²) in [6.45, 7) is 14.1. The number of carbonyl (C=O) groups excluding carboxylic acids is 1. The molecular weight excluding hydrogens is 202 g/mol. The van der Waals surface area contributed by atoms with Crippen molar-refractivity contribution in [2.45, 2.75) is 60.4 Å². The lowest BCUT2D eigenvalue weighted by molar-refractivity contribution is -0.156. The highest BCUT2D eigenvalue weighted by atomic mass is 16.5. The van der Waals surface area contributed by atoms with E-state index in [2.05, 4.69) is 13.8 Å². The molecule has 0 fully saturated rings. The Morgan fingerprint density at radius 1 is 1.06 bits per heavy atom. The standard InChI is InChI=1S/C13H27NO2/c1-11(2,3)10(15)16-9-12(4,5)8-13(6,7)14/h8-9,14H2,1-7H3. The van der Waals surface area contributed by atoms with Crippen LogP contribution in [0.3, 0.4) is 0 Å². The van der Waals surface area contributed by atoms with Crippen molar-refractivity contribution in [2.75, 3.05) is 6.61 Å². The molecule has 0 saturated carbocycles. The smallest absolute Gasteiger partial charge is 0.311 e. The number of esters is 1. The minimum absolute atomic E-state index is 0.0842. The van der Waals surface area contributed by atoms with Crippen LogP contribution in [0.5, 0.6) is 0 Å². The zero-order valence-corrected chi connectivity index (χ0v) is 11.8. The third kappa shape index (κ3) is 6.83. The first-order valence-corrected chi connectivity index (χ1v) is 5.80. The molecule has 0 radical (unpaired) electrons. The summed E-state index contributed by atoms with van der Waals surface area (Å²) in [4.78, 5) is 11.6. The molecule has 0 rings (SSSR count). The first-order chi connectivity index (χ1) is 6.83. The van der Waals surface area contributed by atoms with Gasteiger partial charge in [0.2, 0.25) is 0 Å². The first-order valence-electron chi connectivity index (χ1n) is 5.80. The fraction of sp³-hybridized carbons (Fsp3) is 0.923. The van der Waals surface area contributed by atoms with Gasteiger partial charge in [0, 0.05) is 11.0 Å². The molecule has 0 aliphatic rings. The Balaban J connectivity index is 4.25. The van der Waals surface area contributed by atoms with Gasteiger partial charge in [-0.05, 0) is 41.0 Å². The summed E-state index contributed by atoms with van der Waals surface area (Å²) in [5.74, 6) is -0.157. The van der Waals surface area contributed by atoms with E-state index in [1.807, 2.05) is 34.6 Å². The lowest BCUT2D eigenvalue weighted by atomic mass is 9.81. The second-order valence-corrected chi connectivity index (χ2v) is 7.16. The third-order valence-corrected chi connectivity index (χ3v) is 2.14. The van der Waals surface area contributed by atoms with Crippen molar-refractivity contribution < 1.29 is 9.53 Å². The molecule has 3 nitrogen and oxygen atoms in total. The fourth-order valence-electron chi connectivity index (χ4n) is 1.76. The number of hydrogen-bond donors (Lipinski definition) is 1. The average molecular weight is 229 g/mol. The van der Waals surface area contributed by atoms with Crippen LogP contribution in [0.1, 0.15) is 54.9 Å². The summed E-state index contributed by atoms with van der Waals surface area (Å²) >= 11 is 0. The molecule has 16 heavy (non-hydrogen) atoms. The van der Waals surface area contributed by atoms with Crippen molar-refractivity contribution in [3.63, 3.8) is 0 Å². The van der Waals surface area contributed by atoms with Gasteiger partial charge < -0.3 is 10.5 Å². The summed E-state index contributed by atoms with van der Waals surface area (Å²) in [6, 6.07) is 0. The molecule has 2 N–H and O–H groups in total. The van der Waals surface area contributed by atoms with E-state index in [9.17, 15) is 4.79 Å². The molecule has 0 aliphatic carbocycles. The lowest BCUT2D eigenvalue weighted by Crippen LogP contribution is -2.40. The summed E-state index contributed by atoms with van der Waals surface area (Å²) in [6.07, 6.45) is 0.817. The lowest BCUT2D eigenvalue weighted by Gasteiger charge is -2.32. The van der Waals surface area contributed by atoms with Crippen LogP contribution in [0.25, 0.3) is 0 Å².